The first kappa shape index (κ1) is 17.2. The van der Waals surface area contributed by atoms with Crippen molar-refractivity contribution in [3.63, 3.8) is 0 Å². The van der Waals surface area contributed by atoms with Gasteiger partial charge in [-0.2, -0.15) is 0 Å². The standard InChI is InChI=1S/C23H24N2S/c1-5-25(6-2)20-14-15(3)18(13-16(20)4)23-24-19-11-7-9-17-10-8-12-21(26-23)22(17)19/h7-14H,5-6H2,1-4H3. The summed E-state index contributed by atoms with van der Waals surface area (Å²) in [7, 11) is 0. The van der Waals surface area contributed by atoms with Crippen LogP contribution in [0.25, 0.3) is 10.8 Å². The van der Waals surface area contributed by atoms with E-state index in [1.54, 1.807) is 11.8 Å². The minimum Gasteiger partial charge on any atom is -0.372 e. The van der Waals surface area contributed by atoms with Gasteiger partial charge in [0, 0.05) is 34.6 Å². The number of nitrogens with zero attached hydrogens (tertiary/aromatic N) is 2. The topological polar surface area (TPSA) is 15.6 Å². The van der Waals surface area contributed by atoms with Crippen molar-refractivity contribution in [2.75, 3.05) is 18.0 Å². The molecule has 0 aliphatic carbocycles. The van der Waals surface area contributed by atoms with E-state index in [1.165, 1.54) is 38.0 Å². The van der Waals surface area contributed by atoms with Gasteiger partial charge < -0.3 is 4.90 Å². The molecule has 0 atom stereocenters. The molecular weight excluding hydrogens is 336 g/mol. The molecule has 1 aliphatic heterocycles. The molecule has 0 amide bonds. The van der Waals surface area contributed by atoms with Crippen LogP contribution in [-0.4, -0.2) is 18.1 Å². The Morgan fingerprint density at radius 2 is 1.65 bits per heavy atom. The maximum absolute atomic E-state index is 5.02. The van der Waals surface area contributed by atoms with Gasteiger partial charge in [-0.25, -0.2) is 4.99 Å². The molecule has 0 aromatic heterocycles. The van der Waals surface area contributed by atoms with E-state index in [1.807, 2.05) is 0 Å². The molecule has 0 spiro atoms. The Labute approximate surface area is 159 Å². The number of aliphatic imine (C=N–C) groups is 1. The third kappa shape index (κ3) is 2.80. The molecule has 0 saturated carbocycles. The van der Waals surface area contributed by atoms with Crippen LogP contribution >= 0.6 is 11.8 Å². The van der Waals surface area contributed by atoms with E-state index in [9.17, 15) is 0 Å². The summed E-state index contributed by atoms with van der Waals surface area (Å²) >= 11 is 1.79. The summed E-state index contributed by atoms with van der Waals surface area (Å²) in [4.78, 5) is 8.73. The van der Waals surface area contributed by atoms with Crippen molar-refractivity contribution in [1.82, 2.24) is 0 Å². The number of rotatable bonds is 4. The Kier molecular flexibility index (Phi) is 4.49. The van der Waals surface area contributed by atoms with Gasteiger partial charge in [0.2, 0.25) is 0 Å². The quantitative estimate of drug-likeness (QED) is 0.528. The van der Waals surface area contributed by atoms with Crippen LogP contribution in [-0.2, 0) is 0 Å². The molecule has 0 bridgehead atoms. The van der Waals surface area contributed by atoms with Gasteiger partial charge >= 0.3 is 0 Å². The van der Waals surface area contributed by atoms with Gasteiger partial charge in [0.15, 0.2) is 0 Å². The molecule has 0 unspecified atom stereocenters. The Balaban J connectivity index is 1.83. The molecule has 0 saturated heterocycles. The molecule has 1 heterocycles. The summed E-state index contributed by atoms with van der Waals surface area (Å²) < 4.78 is 0. The molecule has 132 valence electrons. The summed E-state index contributed by atoms with van der Waals surface area (Å²) in [5.74, 6) is 0. The highest BCUT2D eigenvalue weighted by Gasteiger charge is 2.19. The molecular formula is C23H24N2S. The van der Waals surface area contributed by atoms with E-state index < -0.39 is 0 Å². The lowest BCUT2D eigenvalue weighted by molar-refractivity contribution is 0.861. The molecule has 0 fully saturated rings. The first-order valence-electron chi connectivity index (χ1n) is 9.27. The molecule has 0 radical (unpaired) electrons. The average molecular weight is 361 g/mol. The van der Waals surface area contributed by atoms with Crippen LogP contribution in [0.1, 0.15) is 30.5 Å². The van der Waals surface area contributed by atoms with Crippen LogP contribution in [0.15, 0.2) is 58.4 Å². The number of hydrogen-bond donors (Lipinski definition) is 0. The normalized spacial score (nSPS) is 13.0. The lowest BCUT2D eigenvalue weighted by Gasteiger charge is -2.25. The third-order valence-electron chi connectivity index (χ3n) is 5.15. The fourth-order valence-corrected chi connectivity index (χ4v) is 4.91. The van der Waals surface area contributed by atoms with Gasteiger partial charge in [-0.3, -0.25) is 0 Å². The summed E-state index contributed by atoms with van der Waals surface area (Å²) in [6, 6.07) is 17.5. The van der Waals surface area contributed by atoms with Crippen LogP contribution in [0.3, 0.4) is 0 Å². The van der Waals surface area contributed by atoms with Crippen molar-refractivity contribution in [3.8, 4) is 0 Å². The molecule has 26 heavy (non-hydrogen) atoms. The number of anilines is 1. The van der Waals surface area contributed by atoms with Crippen molar-refractivity contribution in [2.45, 2.75) is 32.6 Å². The molecule has 3 heteroatoms. The molecule has 3 aromatic rings. The summed E-state index contributed by atoms with van der Waals surface area (Å²) in [5, 5.41) is 3.64. The van der Waals surface area contributed by atoms with Crippen LogP contribution < -0.4 is 4.90 Å². The fraction of sp³-hybridized carbons (Fsp3) is 0.261. The third-order valence-corrected chi connectivity index (χ3v) is 6.22. The van der Waals surface area contributed by atoms with E-state index in [0.717, 1.165) is 23.8 Å². The SMILES string of the molecule is CCN(CC)c1cc(C)c(C2=Nc3cccc4cccc(c34)S2)cc1C. The highest BCUT2D eigenvalue weighted by molar-refractivity contribution is 8.14. The zero-order chi connectivity index (χ0) is 18.3. The monoisotopic (exact) mass is 360 g/mol. The van der Waals surface area contributed by atoms with Crippen molar-refractivity contribution in [1.29, 1.82) is 0 Å². The van der Waals surface area contributed by atoms with Gasteiger partial charge in [-0.1, -0.05) is 36.0 Å². The minimum atomic E-state index is 1.03. The zero-order valence-electron chi connectivity index (χ0n) is 15.8. The van der Waals surface area contributed by atoms with Gasteiger partial charge in [-0.05, 0) is 68.5 Å². The van der Waals surface area contributed by atoms with Gasteiger partial charge in [0.1, 0.15) is 5.04 Å². The Hall–Kier alpha value is -2.26. The average Bonchev–Trinajstić information content (AvgIpc) is 2.65. The Morgan fingerprint density at radius 1 is 0.923 bits per heavy atom. The predicted molar refractivity (Wildman–Crippen MR) is 115 cm³/mol. The molecule has 2 nitrogen and oxygen atoms in total. The Bertz CT molecular complexity index is 1010. The highest BCUT2D eigenvalue weighted by Crippen LogP contribution is 2.42. The smallest absolute Gasteiger partial charge is 0.109 e. The number of hydrogen-bond acceptors (Lipinski definition) is 3. The lowest BCUT2D eigenvalue weighted by Crippen LogP contribution is -2.23. The van der Waals surface area contributed by atoms with E-state index in [0.29, 0.717) is 0 Å². The first-order chi connectivity index (χ1) is 12.6. The van der Waals surface area contributed by atoms with Crippen LogP contribution in [0.2, 0.25) is 0 Å². The van der Waals surface area contributed by atoms with Crippen molar-refractivity contribution >= 4 is 39.0 Å². The number of aryl methyl sites for hydroxylation is 2. The summed E-state index contributed by atoms with van der Waals surface area (Å²) in [6.07, 6.45) is 0. The van der Waals surface area contributed by atoms with E-state index in [2.05, 4.69) is 81.1 Å². The molecule has 3 aromatic carbocycles. The second kappa shape index (κ2) is 6.81. The lowest BCUT2D eigenvalue weighted by atomic mass is 10.0. The largest absolute Gasteiger partial charge is 0.372 e. The molecule has 4 rings (SSSR count). The molecule has 0 N–H and O–H groups in total. The van der Waals surface area contributed by atoms with Crippen molar-refractivity contribution in [3.05, 3.63) is 65.2 Å². The van der Waals surface area contributed by atoms with Crippen molar-refractivity contribution in [2.24, 2.45) is 4.99 Å². The minimum absolute atomic E-state index is 1.03. The van der Waals surface area contributed by atoms with Crippen molar-refractivity contribution < 1.29 is 0 Å². The number of benzene rings is 3. The second-order valence-electron chi connectivity index (χ2n) is 6.78. The van der Waals surface area contributed by atoms with E-state index in [4.69, 9.17) is 4.99 Å². The predicted octanol–water partition coefficient (Wildman–Crippen LogP) is 6.49. The zero-order valence-corrected chi connectivity index (χ0v) is 16.7. The van der Waals surface area contributed by atoms with Crippen LogP contribution in [0, 0.1) is 13.8 Å². The first-order valence-corrected chi connectivity index (χ1v) is 10.1. The van der Waals surface area contributed by atoms with Gasteiger partial charge in [-0.15, -0.1) is 0 Å². The van der Waals surface area contributed by atoms with Gasteiger partial charge in [0.05, 0.1) is 5.69 Å². The maximum atomic E-state index is 5.02. The fourth-order valence-electron chi connectivity index (χ4n) is 3.75. The number of thioether (sulfide) groups is 1. The van der Waals surface area contributed by atoms with Crippen LogP contribution in [0.5, 0.6) is 0 Å². The van der Waals surface area contributed by atoms with E-state index >= 15 is 0 Å². The Morgan fingerprint density at radius 3 is 2.38 bits per heavy atom. The second-order valence-corrected chi connectivity index (χ2v) is 7.81. The summed E-state index contributed by atoms with van der Waals surface area (Å²) in [6.45, 7) is 10.9. The maximum Gasteiger partial charge on any atom is 0.109 e. The highest BCUT2D eigenvalue weighted by atomic mass is 32.2. The summed E-state index contributed by atoms with van der Waals surface area (Å²) in [5.41, 5.74) is 6.26. The van der Waals surface area contributed by atoms with Crippen LogP contribution in [0.4, 0.5) is 11.4 Å². The van der Waals surface area contributed by atoms with Gasteiger partial charge in [0.25, 0.3) is 0 Å². The molecule has 1 aliphatic rings. The van der Waals surface area contributed by atoms with E-state index in [-0.39, 0.29) is 0 Å².